The van der Waals surface area contributed by atoms with Gasteiger partial charge in [-0.3, -0.25) is 9.69 Å². The third-order valence-electron chi connectivity index (χ3n) is 5.62. The molecule has 2 aromatic rings. The standard InChI is InChI=1S/C23H26ClFN2O3/c1-14(2)18-5-3-4-6-21(18)27(17-10-7-15(8-11-17)22(28)29)23(30)26-16-9-12-19(24)20(25)13-16/h3-6,9,12-15,17H,7-8,10-11H2,1-2H3,(H,26,30)(H,28,29). The van der Waals surface area contributed by atoms with Gasteiger partial charge in [-0.25, -0.2) is 9.18 Å². The van der Waals surface area contributed by atoms with Crippen molar-refractivity contribution in [3.63, 3.8) is 0 Å². The molecule has 5 nitrogen and oxygen atoms in total. The lowest BCUT2D eigenvalue weighted by molar-refractivity contribution is -0.142. The van der Waals surface area contributed by atoms with Crippen LogP contribution in [0.2, 0.25) is 5.02 Å². The third kappa shape index (κ3) is 4.93. The van der Waals surface area contributed by atoms with Crippen molar-refractivity contribution in [3.05, 3.63) is 58.9 Å². The molecule has 0 aromatic heterocycles. The molecule has 0 heterocycles. The van der Waals surface area contributed by atoms with E-state index in [1.807, 2.05) is 24.3 Å². The first-order valence-electron chi connectivity index (χ1n) is 10.1. The van der Waals surface area contributed by atoms with Crippen LogP contribution in [0.1, 0.15) is 51.0 Å². The van der Waals surface area contributed by atoms with Crippen LogP contribution in [0, 0.1) is 11.7 Å². The van der Waals surface area contributed by atoms with Crippen molar-refractivity contribution in [3.8, 4) is 0 Å². The number of hydrogen-bond donors (Lipinski definition) is 2. The molecule has 7 heteroatoms. The molecule has 0 unspecified atom stereocenters. The summed E-state index contributed by atoms with van der Waals surface area (Å²) in [4.78, 5) is 26.4. The van der Waals surface area contributed by atoms with Gasteiger partial charge in [0.05, 0.1) is 10.9 Å². The normalized spacial score (nSPS) is 18.8. The van der Waals surface area contributed by atoms with E-state index in [1.54, 1.807) is 11.0 Å². The molecule has 2 aromatic carbocycles. The van der Waals surface area contributed by atoms with Crippen molar-refractivity contribution < 1.29 is 19.1 Å². The summed E-state index contributed by atoms with van der Waals surface area (Å²) in [5.74, 6) is -1.58. The second kappa shape index (κ2) is 9.47. The van der Waals surface area contributed by atoms with Crippen LogP contribution in [-0.2, 0) is 4.79 Å². The molecule has 0 saturated heterocycles. The zero-order valence-corrected chi connectivity index (χ0v) is 17.8. The van der Waals surface area contributed by atoms with Crippen molar-refractivity contribution in [2.75, 3.05) is 10.2 Å². The highest BCUT2D eigenvalue weighted by atomic mass is 35.5. The number of halogens is 2. The molecule has 0 radical (unpaired) electrons. The van der Waals surface area contributed by atoms with Crippen LogP contribution in [-0.4, -0.2) is 23.1 Å². The first kappa shape index (κ1) is 22.1. The monoisotopic (exact) mass is 432 g/mol. The highest BCUT2D eigenvalue weighted by molar-refractivity contribution is 6.30. The highest BCUT2D eigenvalue weighted by Gasteiger charge is 2.33. The van der Waals surface area contributed by atoms with Gasteiger partial charge in [0, 0.05) is 17.4 Å². The number of aliphatic carboxylic acids is 1. The molecule has 0 atom stereocenters. The van der Waals surface area contributed by atoms with E-state index in [4.69, 9.17) is 11.6 Å². The smallest absolute Gasteiger partial charge is 0.326 e. The van der Waals surface area contributed by atoms with Gasteiger partial charge in [-0.05, 0) is 61.4 Å². The Kier molecular flexibility index (Phi) is 6.98. The number of rotatable bonds is 5. The van der Waals surface area contributed by atoms with Crippen LogP contribution >= 0.6 is 11.6 Å². The minimum absolute atomic E-state index is 0.0120. The summed E-state index contributed by atoms with van der Waals surface area (Å²) in [7, 11) is 0. The van der Waals surface area contributed by atoms with E-state index in [2.05, 4.69) is 19.2 Å². The van der Waals surface area contributed by atoms with E-state index >= 15 is 0 Å². The fraction of sp³-hybridized carbons (Fsp3) is 0.391. The number of urea groups is 1. The quantitative estimate of drug-likeness (QED) is 0.583. The van der Waals surface area contributed by atoms with Crippen molar-refractivity contribution in [1.29, 1.82) is 0 Å². The predicted octanol–water partition coefficient (Wildman–Crippen LogP) is 6.28. The number of benzene rings is 2. The van der Waals surface area contributed by atoms with Gasteiger partial charge in [0.15, 0.2) is 0 Å². The molecule has 0 spiro atoms. The summed E-state index contributed by atoms with van der Waals surface area (Å²) in [6.45, 7) is 4.12. The van der Waals surface area contributed by atoms with Gasteiger partial charge in [-0.1, -0.05) is 43.6 Å². The number of hydrogen-bond acceptors (Lipinski definition) is 2. The third-order valence-corrected chi connectivity index (χ3v) is 5.93. The summed E-state index contributed by atoms with van der Waals surface area (Å²) < 4.78 is 13.8. The lowest BCUT2D eigenvalue weighted by Gasteiger charge is -2.37. The van der Waals surface area contributed by atoms with E-state index in [9.17, 15) is 19.1 Å². The Morgan fingerprint density at radius 3 is 2.40 bits per heavy atom. The molecule has 2 N–H and O–H groups in total. The molecular formula is C23H26ClFN2O3. The average molecular weight is 433 g/mol. The van der Waals surface area contributed by atoms with Crippen LogP contribution in [0.4, 0.5) is 20.6 Å². The number of carboxylic acid groups (broad SMARTS) is 1. The first-order chi connectivity index (χ1) is 14.3. The van der Waals surface area contributed by atoms with Gasteiger partial charge < -0.3 is 10.4 Å². The zero-order chi connectivity index (χ0) is 21.8. The van der Waals surface area contributed by atoms with Crippen molar-refractivity contribution in [2.45, 2.75) is 51.5 Å². The average Bonchev–Trinajstić information content (AvgIpc) is 2.71. The SMILES string of the molecule is CC(C)c1ccccc1N(C(=O)Nc1ccc(Cl)c(F)c1)C1CCC(C(=O)O)CC1. The molecule has 1 aliphatic rings. The maximum Gasteiger partial charge on any atom is 0.326 e. The largest absolute Gasteiger partial charge is 0.481 e. The van der Waals surface area contributed by atoms with Gasteiger partial charge >= 0.3 is 12.0 Å². The predicted molar refractivity (Wildman–Crippen MR) is 117 cm³/mol. The molecule has 0 aliphatic heterocycles. The lowest BCUT2D eigenvalue weighted by Crippen LogP contribution is -2.46. The number of carboxylic acids is 1. The maximum absolute atomic E-state index is 13.8. The number of anilines is 2. The number of amides is 2. The van der Waals surface area contributed by atoms with Crippen LogP contribution in [0.25, 0.3) is 0 Å². The molecular weight excluding hydrogens is 407 g/mol. The second-order valence-electron chi connectivity index (χ2n) is 7.99. The van der Waals surface area contributed by atoms with Crippen LogP contribution in [0.3, 0.4) is 0 Å². The number of carbonyl (C=O) groups excluding carboxylic acids is 1. The number of carbonyl (C=O) groups is 2. The molecule has 1 saturated carbocycles. The molecule has 3 rings (SSSR count). The van der Waals surface area contributed by atoms with Gasteiger partial charge in [0.1, 0.15) is 5.82 Å². The van der Waals surface area contributed by atoms with E-state index < -0.39 is 11.8 Å². The maximum atomic E-state index is 13.8. The molecule has 1 fully saturated rings. The Hall–Kier alpha value is -2.60. The number of para-hydroxylation sites is 1. The highest BCUT2D eigenvalue weighted by Crippen LogP contribution is 2.35. The number of nitrogens with one attached hydrogen (secondary N) is 1. The van der Waals surface area contributed by atoms with E-state index in [1.165, 1.54) is 12.1 Å². The van der Waals surface area contributed by atoms with Gasteiger partial charge in [-0.15, -0.1) is 0 Å². The minimum atomic E-state index is -0.788. The second-order valence-corrected chi connectivity index (χ2v) is 8.39. The number of nitrogens with zero attached hydrogens (tertiary/aromatic N) is 1. The molecule has 0 bridgehead atoms. The fourth-order valence-electron chi connectivity index (χ4n) is 4.01. The topological polar surface area (TPSA) is 69.6 Å². The summed E-state index contributed by atoms with van der Waals surface area (Å²) in [5, 5.41) is 12.1. The van der Waals surface area contributed by atoms with E-state index in [-0.39, 0.29) is 28.9 Å². The van der Waals surface area contributed by atoms with Crippen molar-refractivity contribution in [1.82, 2.24) is 0 Å². The van der Waals surface area contributed by atoms with Gasteiger partial charge in [0.2, 0.25) is 0 Å². The summed E-state index contributed by atoms with van der Waals surface area (Å²) in [6.07, 6.45) is 2.21. The Bertz CT molecular complexity index is 926. The summed E-state index contributed by atoms with van der Waals surface area (Å²) >= 11 is 5.75. The fourth-order valence-corrected chi connectivity index (χ4v) is 4.12. The molecule has 2 amide bonds. The van der Waals surface area contributed by atoms with E-state index in [0.717, 1.165) is 11.3 Å². The van der Waals surface area contributed by atoms with Gasteiger partial charge in [0.25, 0.3) is 0 Å². The minimum Gasteiger partial charge on any atom is -0.481 e. The molecule has 1 aliphatic carbocycles. The van der Waals surface area contributed by atoms with Crippen LogP contribution in [0.5, 0.6) is 0 Å². The Morgan fingerprint density at radius 2 is 1.80 bits per heavy atom. The first-order valence-corrected chi connectivity index (χ1v) is 10.5. The Labute approximate surface area is 180 Å². The van der Waals surface area contributed by atoms with Crippen LogP contribution < -0.4 is 10.2 Å². The Morgan fingerprint density at radius 1 is 1.13 bits per heavy atom. The Balaban J connectivity index is 1.92. The van der Waals surface area contributed by atoms with E-state index in [0.29, 0.717) is 31.4 Å². The van der Waals surface area contributed by atoms with Gasteiger partial charge in [-0.2, -0.15) is 0 Å². The lowest BCUT2D eigenvalue weighted by atomic mass is 9.85. The van der Waals surface area contributed by atoms with Crippen molar-refractivity contribution in [2.24, 2.45) is 5.92 Å². The summed E-state index contributed by atoms with van der Waals surface area (Å²) in [6, 6.07) is 11.3. The molecule has 30 heavy (non-hydrogen) atoms. The van der Waals surface area contributed by atoms with Crippen LogP contribution in [0.15, 0.2) is 42.5 Å². The molecule has 160 valence electrons. The zero-order valence-electron chi connectivity index (χ0n) is 17.1. The summed E-state index contributed by atoms with van der Waals surface area (Å²) in [5.41, 5.74) is 2.13. The van der Waals surface area contributed by atoms with Crippen molar-refractivity contribution >= 4 is 35.0 Å².